The van der Waals surface area contributed by atoms with Crippen LogP contribution in [0.25, 0.3) is 0 Å². The Kier molecular flexibility index (Phi) is 9.46. The number of nitrogens with zero attached hydrogens (tertiary/aromatic N) is 1. The van der Waals surface area contributed by atoms with Crippen molar-refractivity contribution in [2.75, 3.05) is 25.0 Å². The molecule has 76 valence electrons. The molecule has 0 unspecified atom stereocenters. The normalized spacial score (nSPS) is 8.15. The Morgan fingerprint density at radius 3 is 2.15 bits per heavy atom. The maximum atomic E-state index is 5.43. The third-order valence-corrected chi connectivity index (χ3v) is 1.66. The minimum absolute atomic E-state index is 0. The molecule has 0 bridgehead atoms. The number of para-hydroxylation sites is 1. The quantitative estimate of drug-likeness (QED) is 0.848. The van der Waals surface area contributed by atoms with Gasteiger partial charge in [-0.25, -0.2) is 0 Å². The van der Waals surface area contributed by atoms with Gasteiger partial charge in [-0.05, 0) is 12.1 Å². The Hall–Kier alpha value is -0.440. The molecule has 1 aromatic rings. The standard InChI is InChI=1S/C9H14N2.2ClH/c1-11(8-7-10)9-5-3-2-4-6-9;;/h2-6H,7-8,10H2,1H3;2*1H. The summed E-state index contributed by atoms with van der Waals surface area (Å²) in [6.07, 6.45) is 0. The van der Waals surface area contributed by atoms with Crippen LogP contribution in [0.15, 0.2) is 30.3 Å². The Labute approximate surface area is 91.9 Å². The van der Waals surface area contributed by atoms with Crippen LogP contribution in [0, 0.1) is 0 Å². The molecule has 0 radical (unpaired) electrons. The highest BCUT2D eigenvalue weighted by molar-refractivity contribution is 5.85. The van der Waals surface area contributed by atoms with Crippen LogP contribution in [0.5, 0.6) is 0 Å². The molecule has 2 nitrogen and oxygen atoms in total. The molecule has 0 aromatic heterocycles. The average Bonchev–Trinajstić information content (AvgIpc) is 2.07. The maximum absolute atomic E-state index is 5.43. The van der Waals surface area contributed by atoms with Crippen molar-refractivity contribution in [2.45, 2.75) is 0 Å². The monoisotopic (exact) mass is 222 g/mol. The number of hydrogen-bond acceptors (Lipinski definition) is 2. The Balaban J connectivity index is 0. The van der Waals surface area contributed by atoms with Crippen LogP contribution < -0.4 is 10.6 Å². The fraction of sp³-hybridized carbons (Fsp3) is 0.333. The molecule has 0 aliphatic rings. The molecule has 0 aliphatic carbocycles. The van der Waals surface area contributed by atoms with Gasteiger partial charge in [0.25, 0.3) is 0 Å². The van der Waals surface area contributed by atoms with Gasteiger partial charge in [-0.1, -0.05) is 18.2 Å². The van der Waals surface area contributed by atoms with E-state index in [4.69, 9.17) is 5.73 Å². The van der Waals surface area contributed by atoms with Crippen LogP contribution >= 0.6 is 24.8 Å². The lowest BCUT2D eigenvalue weighted by Crippen LogP contribution is -2.24. The third kappa shape index (κ3) is 4.98. The van der Waals surface area contributed by atoms with Crippen LogP contribution in [-0.2, 0) is 0 Å². The largest absolute Gasteiger partial charge is 0.373 e. The molecule has 0 fully saturated rings. The van der Waals surface area contributed by atoms with E-state index in [0.29, 0.717) is 6.54 Å². The summed E-state index contributed by atoms with van der Waals surface area (Å²) in [5, 5.41) is 0. The summed E-state index contributed by atoms with van der Waals surface area (Å²) >= 11 is 0. The molecule has 0 spiro atoms. The highest BCUT2D eigenvalue weighted by Gasteiger charge is 1.95. The lowest BCUT2D eigenvalue weighted by atomic mass is 10.3. The lowest BCUT2D eigenvalue weighted by molar-refractivity contribution is 0.886. The van der Waals surface area contributed by atoms with E-state index in [1.54, 1.807) is 0 Å². The first-order chi connectivity index (χ1) is 5.34. The molecule has 0 saturated carbocycles. The smallest absolute Gasteiger partial charge is 0.0364 e. The minimum atomic E-state index is 0. The van der Waals surface area contributed by atoms with Crippen LogP contribution in [0.3, 0.4) is 0 Å². The van der Waals surface area contributed by atoms with Gasteiger partial charge in [-0.2, -0.15) is 0 Å². The van der Waals surface area contributed by atoms with Gasteiger partial charge in [-0.15, -0.1) is 24.8 Å². The molecule has 0 atom stereocenters. The number of rotatable bonds is 3. The van der Waals surface area contributed by atoms with Crippen molar-refractivity contribution in [1.82, 2.24) is 0 Å². The van der Waals surface area contributed by atoms with Crippen LogP contribution in [-0.4, -0.2) is 20.1 Å². The van der Waals surface area contributed by atoms with E-state index < -0.39 is 0 Å². The molecule has 2 N–H and O–H groups in total. The summed E-state index contributed by atoms with van der Waals surface area (Å²) < 4.78 is 0. The number of halogens is 2. The van der Waals surface area contributed by atoms with Gasteiger partial charge in [-0.3, -0.25) is 0 Å². The van der Waals surface area contributed by atoms with Gasteiger partial charge >= 0.3 is 0 Å². The Morgan fingerprint density at radius 1 is 1.15 bits per heavy atom. The van der Waals surface area contributed by atoms with Crippen molar-refractivity contribution in [3.05, 3.63) is 30.3 Å². The van der Waals surface area contributed by atoms with Gasteiger partial charge < -0.3 is 10.6 Å². The van der Waals surface area contributed by atoms with Gasteiger partial charge in [0.05, 0.1) is 0 Å². The summed E-state index contributed by atoms with van der Waals surface area (Å²) in [7, 11) is 2.04. The van der Waals surface area contributed by atoms with Gasteiger partial charge in [0.1, 0.15) is 0 Å². The van der Waals surface area contributed by atoms with Gasteiger partial charge in [0.2, 0.25) is 0 Å². The minimum Gasteiger partial charge on any atom is -0.373 e. The Morgan fingerprint density at radius 2 is 1.69 bits per heavy atom. The van der Waals surface area contributed by atoms with E-state index >= 15 is 0 Å². The lowest BCUT2D eigenvalue weighted by Gasteiger charge is -2.17. The third-order valence-electron chi connectivity index (χ3n) is 1.66. The van der Waals surface area contributed by atoms with Crippen LogP contribution in [0.4, 0.5) is 5.69 Å². The van der Waals surface area contributed by atoms with E-state index in [-0.39, 0.29) is 24.8 Å². The highest BCUT2D eigenvalue weighted by atomic mass is 35.5. The molecule has 1 aromatic carbocycles. The zero-order valence-electron chi connectivity index (χ0n) is 7.64. The number of hydrogen-bond donors (Lipinski definition) is 1. The predicted octanol–water partition coefficient (Wildman–Crippen LogP) is 1.93. The zero-order valence-corrected chi connectivity index (χ0v) is 9.28. The first-order valence-corrected chi connectivity index (χ1v) is 3.81. The van der Waals surface area contributed by atoms with Crippen molar-refractivity contribution in [3.63, 3.8) is 0 Å². The van der Waals surface area contributed by atoms with Crippen molar-refractivity contribution in [2.24, 2.45) is 5.73 Å². The van der Waals surface area contributed by atoms with Gasteiger partial charge in [0, 0.05) is 25.8 Å². The van der Waals surface area contributed by atoms with Crippen molar-refractivity contribution in [3.8, 4) is 0 Å². The van der Waals surface area contributed by atoms with Crippen molar-refractivity contribution >= 4 is 30.5 Å². The van der Waals surface area contributed by atoms with E-state index in [0.717, 1.165) is 6.54 Å². The van der Waals surface area contributed by atoms with E-state index in [9.17, 15) is 0 Å². The highest BCUT2D eigenvalue weighted by Crippen LogP contribution is 2.09. The summed E-state index contributed by atoms with van der Waals surface area (Å²) in [6, 6.07) is 10.2. The second-order valence-corrected chi connectivity index (χ2v) is 2.55. The fourth-order valence-electron chi connectivity index (χ4n) is 1.01. The molecule has 13 heavy (non-hydrogen) atoms. The summed E-state index contributed by atoms with van der Waals surface area (Å²) in [5.41, 5.74) is 6.65. The molecule has 0 heterocycles. The van der Waals surface area contributed by atoms with Crippen LogP contribution in [0.1, 0.15) is 0 Å². The molecule has 0 amide bonds. The first-order valence-electron chi connectivity index (χ1n) is 3.81. The van der Waals surface area contributed by atoms with Gasteiger partial charge in [0.15, 0.2) is 0 Å². The number of anilines is 1. The number of likely N-dealkylation sites (N-methyl/N-ethyl adjacent to an activating group) is 1. The number of benzene rings is 1. The summed E-state index contributed by atoms with van der Waals surface area (Å²) in [4.78, 5) is 2.14. The molecule has 1 rings (SSSR count). The Bertz CT molecular complexity index is 204. The SMILES string of the molecule is CN(CCN)c1ccccc1.Cl.Cl. The molecular weight excluding hydrogens is 207 g/mol. The second kappa shape index (κ2) is 8.17. The zero-order chi connectivity index (χ0) is 8.10. The predicted molar refractivity (Wildman–Crippen MR) is 63.3 cm³/mol. The molecular formula is C9H16Cl2N2. The first kappa shape index (κ1) is 15.1. The maximum Gasteiger partial charge on any atom is 0.0364 e. The van der Waals surface area contributed by atoms with E-state index in [1.807, 2.05) is 25.2 Å². The topological polar surface area (TPSA) is 29.3 Å². The second-order valence-electron chi connectivity index (χ2n) is 2.55. The molecule has 0 aliphatic heterocycles. The molecule has 0 saturated heterocycles. The number of nitrogens with two attached hydrogens (primary N) is 1. The van der Waals surface area contributed by atoms with Crippen LogP contribution in [0.2, 0.25) is 0 Å². The molecule has 4 heteroatoms. The van der Waals surface area contributed by atoms with Crippen molar-refractivity contribution in [1.29, 1.82) is 0 Å². The summed E-state index contributed by atoms with van der Waals surface area (Å²) in [6.45, 7) is 1.61. The average molecular weight is 223 g/mol. The fourth-order valence-corrected chi connectivity index (χ4v) is 1.01. The summed E-state index contributed by atoms with van der Waals surface area (Å²) in [5.74, 6) is 0. The van der Waals surface area contributed by atoms with E-state index in [2.05, 4.69) is 17.0 Å². The van der Waals surface area contributed by atoms with Crippen molar-refractivity contribution < 1.29 is 0 Å². The van der Waals surface area contributed by atoms with E-state index in [1.165, 1.54) is 5.69 Å².